The van der Waals surface area contributed by atoms with Crippen molar-refractivity contribution < 1.29 is 4.74 Å². The quantitative estimate of drug-likeness (QED) is 0.697. The molecule has 0 saturated carbocycles. The van der Waals surface area contributed by atoms with E-state index in [-0.39, 0.29) is 0 Å². The first-order valence-electron chi connectivity index (χ1n) is 10.2. The van der Waals surface area contributed by atoms with Gasteiger partial charge in [-0.05, 0) is 43.0 Å². The summed E-state index contributed by atoms with van der Waals surface area (Å²) in [4.78, 5) is 18.9. The van der Waals surface area contributed by atoms with E-state index in [0.29, 0.717) is 6.04 Å². The molecule has 0 spiro atoms. The zero-order valence-electron chi connectivity index (χ0n) is 16.0. The molecule has 0 aliphatic carbocycles. The monoisotopic (exact) mass is 375 g/mol. The van der Waals surface area contributed by atoms with Crippen LogP contribution in [0.15, 0.2) is 48.9 Å². The number of ether oxygens (including phenoxy) is 1. The molecule has 2 aliphatic heterocycles. The van der Waals surface area contributed by atoms with Gasteiger partial charge in [0, 0.05) is 49.7 Å². The summed E-state index contributed by atoms with van der Waals surface area (Å²) in [5, 5.41) is 1.12. The maximum absolute atomic E-state index is 5.53. The van der Waals surface area contributed by atoms with Crippen LogP contribution in [-0.4, -0.2) is 47.8 Å². The molecule has 5 heterocycles. The van der Waals surface area contributed by atoms with Crippen LogP contribution in [0.25, 0.3) is 10.9 Å². The van der Waals surface area contributed by atoms with Crippen molar-refractivity contribution in [3.63, 3.8) is 0 Å². The molecule has 6 heteroatoms. The zero-order valence-corrected chi connectivity index (χ0v) is 16.0. The van der Waals surface area contributed by atoms with Crippen LogP contribution in [0.1, 0.15) is 30.9 Å². The van der Waals surface area contributed by atoms with Crippen LogP contribution in [0.3, 0.4) is 0 Å². The molecule has 0 bridgehead atoms. The van der Waals surface area contributed by atoms with Crippen molar-refractivity contribution in [3.8, 4) is 0 Å². The molecule has 28 heavy (non-hydrogen) atoms. The third kappa shape index (κ3) is 3.29. The second-order valence-corrected chi connectivity index (χ2v) is 7.46. The minimum absolute atomic E-state index is 0.304. The lowest BCUT2D eigenvalue weighted by Gasteiger charge is -2.38. The Bertz CT molecular complexity index is 942. The van der Waals surface area contributed by atoms with Crippen molar-refractivity contribution in [2.24, 2.45) is 0 Å². The fourth-order valence-corrected chi connectivity index (χ4v) is 4.32. The molecule has 2 aliphatic rings. The van der Waals surface area contributed by atoms with Crippen LogP contribution < -0.4 is 9.80 Å². The normalized spacial score (nSPS) is 20.5. The fourth-order valence-electron chi connectivity index (χ4n) is 4.32. The minimum atomic E-state index is 0.304. The maximum atomic E-state index is 5.53. The highest BCUT2D eigenvalue weighted by molar-refractivity contribution is 5.91. The highest BCUT2D eigenvalue weighted by atomic mass is 16.5. The molecule has 1 unspecified atom stereocenters. The molecule has 144 valence electrons. The Balaban J connectivity index is 1.61. The lowest BCUT2D eigenvalue weighted by molar-refractivity contribution is 0.122. The summed E-state index contributed by atoms with van der Waals surface area (Å²) in [7, 11) is 0. The Hall–Kier alpha value is -2.73. The first-order chi connectivity index (χ1) is 13.9. The van der Waals surface area contributed by atoms with Crippen molar-refractivity contribution in [3.05, 3.63) is 54.5 Å². The number of aromatic nitrogens is 3. The first-order valence-corrected chi connectivity index (χ1v) is 10.2. The lowest BCUT2D eigenvalue weighted by atomic mass is 9.96. The van der Waals surface area contributed by atoms with E-state index in [0.717, 1.165) is 61.8 Å². The highest BCUT2D eigenvalue weighted by Crippen LogP contribution is 2.38. The van der Waals surface area contributed by atoms with Gasteiger partial charge in [-0.15, -0.1) is 0 Å². The standard InChI is InChI=1S/C22H25N5O/c1-2-10-27(20(7-1)17-5-3-8-23-16-17)22-18-6-4-9-24-19(18)15-21(25-22)26-11-13-28-14-12-26/h3-6,8-9,15-16,20H,1-2,7,10-14H2. The molecule has 5 rings (SSSR count). The van der Waals surface area contributed by atoms with E-state index < -0.39 is 0 Å². The van der Waals surface area contributed by atoms with Crippen molar-refractivity contribution in [2.75, 3.05) is 42.6 Å². The minimum Gasteiger partial charge on any atom is -0.378 e. The summed E-state index contributed by atoms with van der Waals surface area (Å²) >= 11 is 0. The summed E-state index contributed by atoms with van der Waals surface area (Å²) in [6.45, 7) is 4.25. The van der Waals surface area contributed by atoms with E-state index >= 15 is 0 Å². The number of fused-ring (bicyclic) bond motifs is 1. The van der Waals surface area contributed by atoms with Crippen LogP contribution in [0.5, 0.6) is 0 Å². The Morgan fingerprint density at radius 2 is 1.89 bits per heavy atom. The third-order valence-corrected chi connectivity index (χ3v) is 5.74. The van der Waals surface area contributed by atoms with Gasteiger partial charge in [0.2, 0.25) is 0 Å². The maximum Gasteiger partial charge on any atom is 0.141 e. The fraction of sp³-hybridized carbons (Fsp3) is 0.409. The molecule has 2 saturated heterocycles. The van der Waals surface area contributed by atoms with Gasteiger partial charge in [0.15, 0.2) is 0 Å². The molecule has 0 N–H and O–H groups in total. The molecule has 6 nitrogen and oxygen atoms in total. The molecule has 0 amide bonds. The van der Waals surface area contributed by atoms with Crippen LogP contribution in [0.2, 0.25) is 0 Å². The molecular weight excluding hydrogens is 350 g/mol. The summed E-state index contributed by atoms with van der Waals surface area (Å²) in [6, 6.07) is 10.8. The number of anilines is 2. The van der Waals surface area contributed by atoms with Crippen molar-refractivity contribution in [1.29, 1.82) is 0 Å². The molecule has 2 fully saturated rings. The third-order valence-electron chi connectivity index (χ3n) is 5.74. The molecule has 3 aromatic heterocycles. The topological polar surface area (TPSA) is 54.4 Å². The van der Waals surface area contributed by atoms with E-state index in [1.165, 1.54) is 18.4 Å². The van der Waals surface area contributed by atoms with Gasteiger partial charge in [0.05, 0.1) is 24.8 Å². The second kappa shape index (κ2) is 7.72. The number of pyridine rings is 3. The van der Waals surface area contributed by atoms with Gasteiger partial charge in [0.25, 0.3) is 0 Å². The number of morpholine rings is 1. The average Bonchev–Trinajstić information content (AvgIpc) is 2.79. The summed E-state index contributed by atoms with van der Waals surface area (Å²) in [5.74, 6) is 2.04. The number of nitrogens with zero attached hydrogens (tertiary/aromatic N) is 5. The van der Waals surface area contributed by atoms with Crippen LogP contribution in [0, 0.1) is 0 Å². The van der Waals surface area contributed by atoms with Gasteiger partial charge in [-0.3, -0.25) is 9.97 Å². The van der Waals surface area contributed by atoms with E-state index in [2.05, 4.69) is 38.0 Å². The van der Waals surface area contributed by atoms with Gasteiger partial charge in [-0.1, -0.05) is 6.07 Å². The molecule has 1 atom stereocenters. The van der Waals surface area contributed by atoms with Gasteiger partial charge in [0.1, 0.15) is 11.6 Å². The Labute approximate surface area is 165 Å². The van der Waals surface area contributed by atoms with Crippen molar-refractivity contribution >= 4 is 22.5 Å². The highest BCUT2D eigenvalue weighted by Gasteiger charge is 2.28. The van der Waals surface area contributed by atoms with E-state index in [4.69, 9.17) is 9.72 Å². The predicted molar refractivity (Wildman–Crippen MR) is 111 cm³/mol. The van der Waals surface area contributed by atoms with Crippen molar-refractivity contribution in [2.45, 2.75) is 25.3 Å². The number of hydrogen-bond acceptors (Lipinski definition) is 6. The molecule has 0 radical (unpaired) electrons. The SMILES string of the molecule is c1cncc(C2CCCCN2c2nc(N3CCOCC3)cc3ncccc23)c1. The van der Waals surface area contributed by atoms with E-state index in [1.807, 2.05) is 30.7 Å². The van der Waals surface area contributed by atoms with Crippen LogP contribution in [0.4, 0.5) is 11.6 Å². The predicted octanol–water partition coefficient (Wildman–Crippen LogP) is 3.59. The van der Waals surface area contributed by atoms with Crippen LogP contribution in [-0.2, 0) is 4.74 Å². The second-order valence-electron chi connectivity index (χ2n) is 7.46. The average molecular weight is 375 g/mol. The summed E-state index contributed by atoms with van der Waals surface area (Å²) in [6.07, 6.45) is 9.24. The van der Waals surface area contributed by atoms with E-state index in [1.54, 1.807) is 0 Å². The molecule has 3 aromatic rings. The van der Waals surface area contributed by atoms with Crippen LogP contribution >= 0.6 is 0 Å². The van der Waals surface area contributed by atoms with Crippen molar-refractivity contribution in [1.82, 2.24) is 15.0 Å². The summed E-state index contributed by atoms with van der Waals surface area (Å²) < 4.78 is 5.53. The molecular formula is C22H25N5O. The van der Waals surface area contributed by atoms with E-state index in [9.17, 15) is 0 Å². The Morgan fingerprint density at radius 3 is 2.75 bits per heavy atom. The number of piperidine rings is 1. The first kappa shape index (κ1) is 17.4. The summed E-state index contributed by atoms with van der Waals surface area (Å²) in [5.41, 5.74) is 2.27. The Morgan fingerprint density at radius 1 is 1.00 bits per heavy atom. The smallest absolute Gasteiger partial charge is 0.141 e. The van der Waals surface area contributed by atoms with Gasteiger partial charge in [-0.2, -0.15) is 0 Å². The lowest BCUT2D eigenvalue weighted by Crippen LogP contribution is -2.38. The van der Waals surface area contributed by atoms with Gasteiger partial charge in [-0.25, -0.2) is 4.98 Å². The number of rotatable bonds is 3. The number of hydrogen-bond donors (Lipinski definition) is 0. The zero-order chi connectivity index (χ0) is 18.8. The largest absolute Gasteiger partial charge is 0.378 e. The van der Waals surface area contributed by atoms with Gasteiger partial charge < -0.3 is 14.5 Å². The molecule has 0 aromatic carbocycles. The van der Waals surface area contributed by atoms with Gasteiger partial charge >= 0.3 is 0 Å². The Kier molecular flexibility index (Phi) is 4.79.